The lowest BCUT2D eigenvalue weighted by molar-refractivity contribution is -0.116. The Hall–Kier alpha value is -3.34. The third kappa shape index (κ3) is 4.33. The number of hydrogen-bond donors (Lipinski definition) is 2. The highest BCUT2D eigenvalue weighted by Crippen LogP contribution is 2.31. The summed E-state index contributed by atoms with van der Waals surface area (Å²) in [5, 5.41) is 10.1. The van der Waals surface area contributed by atoms with E-state index in [-0.39, 0.29) is 22.7 Å². The number of nitrogens with two attached hydrogens (primary N) is 1. The highest BCUT2D eigenvalue weighted by Gasteiger charge is 2.16. The highest BCUT2D eigenvalue weighted by molar-refractivity contribution is 7.89. The molecule has 8 nitrogen and oxygen atoms in total. The number of thiophene rings is 1. The molecular formula is C22H20N4O4S2. The first-order chi connectivity index (χ1) is 15.1. The molecule has 0 bridgehead atoms. The van der Waals surface area contributed by atoms with E-state index in [1.165, 1.54) is 46.5 Å². The van der Waals surface area contributed by atoms with Gasteiger partial charge in [-0.1, -0.05) is 24.3 Å². The van der Waals surface area contributed by atoms with Crippen LogP contribution in [-0.4, -0.2) is 23.9 Å². The molecular weight excluding hydrogens is 448 g/mol. The second-order valence-electron chi connectivity index (χ2n) is 7.43. The van der Waals surface area contributed by atoms with E-state index in [0.717, 1.165) is 22.3 Å². The van der Waals surface area contributed by atoms with Crippen LogP contribution in [0.1, 0.15) is 11.1 Å². The Balaban J connectivity index is 1.64. The van der Waals surface area contributed by atoms with Crippen LogP contribution in [0.15, 0.2) is 63.9 Å². The van der Waals surface area contributed by atoms with E-state index >= 15 is 0 Å². The van der Waals surface area contributed by atoms with E-state index in [9.17, 15) is 18.0 Å². The molecule has 0 unspecified atom stereocenters. The number of aryl methyl sites for hydroxylation is 2. The van der Waals surface area contributed by atoms with Gasteiger partial charge in [0.1, 0.15) is 11.4 Å². The number of nitrogens with one attached hydrogen (secondary N) is 1. The van der Waals surface area contributed by atoms with Gasteiger partial charge in [0.15, 0.2) is 0 Å². The largest absolute Gasteiger partial charge is 0.324 e. The summed E-state index contributed by atoms with van der Waals surface area (Å²) in [6, 6.07) is 11.6. The molecule has 10 heteroatoms. The SMILES string of the molecule is Cc1ccc(-c2csc3ncn(CC(=O)Nc4cccc(S(N)(=O)=O)c4)c(=O)c23)cc1C. The third-order valence-corrected chi connectivity index (χ3v) is 6.94. The fourth-order valence-corrected chi connectivity index (χ4v) is 4.77. The monoisotopic (exact) mass is 468 g/mol. The minimum atomic E-state index is -3.90. The zero-order valence-electron chi connectivity index (χ0n) is 17.3. The third-order valence-electron chi connectivity index (χ3n) is 5.14. The summed E-state index contributed by atoms with van der Waals surface area (Å²) in [5.74, 6) is -0.497. The van der Waals surface area contributed by atoms with Crippen molar-refractivity contribution < 1.29 is 13.2 Å². The molecule has 0 spiro atoms. The van der Waals surface area contributed by atoms with Gasteiger partial charge in [-0.2, -0.15) is 0 Å². The van der Waals surface area contributed by atoms with E-state index in [4.69, 9.17) is 5.14 Å². The first-order valence-corrected chi connectivity index (χ1v) is 12.0. The predicted molar refractivity (Wildman–Crippen MR) is 125 cm³/mol. The Labute approximate surface area is 188 Å². The van der Waals surface area contributed by atoms with E-state index in [1.54, 1.807) is 0 Å². The van der Waals surface area contributed by atoms with Crippen LogP contribution in [0.4, 0.5) is 5.69 Å². The second-order valence-corrected chi connectivity index (χ2v) is 9.85. The number of sulfonamides is 1. The number of benzene rings is 2. The molecule has 0 aliphatic rings. The summed E-state index contributed by atoms with van der Waals surface area (Å²) in [4.78, 5) is 30.5. The lowest BCUT2D eigenvalue weighted by Gasteiger charge is -2.09. The number of anilines is 1. The maximum Gasteiger partial charge on any atom is 0.263 e. The van der Waals surface area contributed by atoms with E-state index in [1.807, 2.05) is 37.4 Å². The number of aromatic nitrogens is 2. The van der Waals surface area contributed by atoms with Crippen molar-refractivity contribution >= 4 is 43.2 Å². The molecule has 2 aromatic heterocycles. The van der Waals surface area contributed by atoms with Gasteiger partial charge in [-0.3, -0.25) is 14.2 Å². The molecule has 0 saturated heterocycles. The normalized spacial score (nSPS) is 11.6. The van der Waals surface area contributed by atoms with Crippen LogP contribution in [0.25, 0.3) is 21.3 Å². The number of rotatable bonds is 5. The second kappa shape index (κ2) is 8.30. The van der Waals surface area contributed by atoms with Gasteiger partial charge < -0.3 is 5.32 Å². The van der Waals surface area contributed by atoms with Crippen molar-refractivity contribution in [3.63, 3.8) is 0 Å². The topological polar surface area (TPSA) is 124 Å². The zero-order chi connectivity index (χ0) is 23.0. The molecule has 164 valence electrons. The molecule has 4 rings (SSSR count). The molecule has 0 saturated carbocycles. The molecule has 2 heterocycles. The Morgan fingerprint density at radius 3 is 2.66 bits per heavy atom. The maximum atomic E-state index is 13.2. The van der Waals surface area contributed by atoms with Gasteiger partial charge in [-0.15, -0.1) is 11.3 Å². The maximum absolute atomic E-state index is 13.2. The van der Waals surface area contributed by atoms with Gasteiger partial charge in [0.2, 0.25) is 15.9 Å². The first-order valence-electron chi connectivity index (χ1n) is 9.60. The van der Waals surface area contributed by atoms with Crippen molar-refractivity contribution in [2.45, 2.75) is 25.3 Å². The van der Waals surface area contributed by atoms with Gasteiger partial charge in [0.05, 0.1) is 16.6 Å². The number of primary sulfonamides is 1. The van der Waals surface area contributed by atoms with Crippen LogP contribution in [0, 0.1) is 13.8 Å². The van der Waals surface area contributed by atoms with E-state index in [0.29, 0.717) is 10.2 Å². The molecule has 0 aliphatic carbocycles. The smallest absolute Gasteiger partial charge is 0.263 e. The van der Waals surface area contributed by atoms with Crippen LogP contribution >= 0.6 is 11.3 Å². The van der Waals surface area contributed by atoms with Gasteiger partial charge in [0, 0.05) is 16.6 Å². The Morgan fingerprint density at radius 1 is 1.16 bits per heavy atom. The van der Waals surface area contributed by atoms with Crippen LogP contribution in [0.2, 0.25) is 0 Å². The summed E-state index contributed by atoms with van der Waals surface area (Å²) in [6.07, 6.45) is 1.34. The first kappa shape index (κ1) is 21.9. The Kier molecular flexibility index (Phi) is 5.68. The van der Waals surface area contributed by atoms with Crippen molar-refractivity contribution in [1.29, 1.82) is 0 Å². The number of carbonyl (C=O) groups excluding carboxylic acids is 1. The fraction of sp³-hybridized carbons (Fsp3) is 0.136. The lowest BCUT2D eigenvalue weighted by atomic mass is 10.0. The number of nitrogens with zero attached hydrogens (tertiary/aromatic N) is 2. The summed E-state index contributed by atoms with van der Waals surface area (Å²) in [6.45, 7) is 3.76. The molecule has 0 fully saturated rings. The molecule has 1 amide bonds. The lowest BCUT2D eigenvalue weighted by Crippen LogP contribution is -2.27. The minimum absolute atomic E-state index is 0.119. The molecule has 32 heavy (non-hydrogen) atoms. The van der Waals surface area contributed by atoms with Crippen molar-refractivity contribution in [3.05, 3.63) is 75.7 Å². The molecule has 3 N–H and O–H groups in total. The quantitative estimate of drug-likeness (QED) is 0.466. The van der Waals surface area contributed by atoms with Crippen LogP contribution in [-0.2, 0) is 21.4 Å². The fourth-order valence-electron chi connectivity index (χ4n) is 3.31. The molecule has 2 aromatic carbocycles. The standard InChI is InChI=1S/C22H20N4O4S2/c1-13-6-7-15(8-14(13)2)18-11-31-21-20(18)22(28)26(12-24-21)10-19(27)25-16-4-3-5-17(9-16)32(23,29)30/h3-9,11-12H,10H2,1-2H3,(H,25,27)(H2,23,29,30). The van der Waals surface area contributed by atoms with Crippen molar-refractivity contribution in [2.24, 2.45) is 5.14 Å². The Morgan fingerprint density at radius 2 is 1.94 bits per heavy atom. The predicted octanol–water partition coefficient (Wildman–Crippen LogP) is 3.03. The summed E-state index contributed by atoms with van der Waals surface area (Å²) < 4.78 is 24.2. The highest BCUT2D eigenvalue weighted by atomic mass is 32.2. The van der Waals surface area contributed by atoms with Crippen molar-refractivity contribution in [3.8, 4) is 11.1 Å². The Bertz CT molecular complexity index is 1520. The van der Waals surface area contributed by atoms with Crippen molar-refractivity contribution in [1.82, 2.24) is 9.55 Å². The molecule has 0 radical (unpaired) electrons. The van der Waals surface area contributed by atoms with Gasteiger partial charge in [0.25, 0.3) is 5.56 Å². The van der Waals surface area contributed by atoms with Gasteiger partial charge in [-0.25, -0.2) is 18.5 Å². The summed E-state index contributed by atoms with van der Waals surface area (Å²) in [5.41, 5.74) is 3.91. The number of amides is 1. The van der Waals surface area contributed by atoms with Crippen LogP contribution in [0.3, 0.4) is 0 Å². The van der Waals surface area contributed by atoms with E-state index in [2.05, 4.69) is 10.3 Å². The molecule has 0 atom stereocenters. The minimum Gasteiger partial charge on any atom is -0.324 e. The molecule has 0 aliphatic heterocycles. The van der Waals surface area contributed by atoms with Crippen LogP contribution < -0.4 is 16.0 Å². The average Bonchev–Trinajstić information content (AvgIpc) is 3.16. The van der Waals surface area contributed by atoms with Gasteiger partial charge >= 0.3 is 0 Å². The van der Waals surface area contributed by atoms with Crippen molar-refractivity contribution in [2.75, 3.05) is 5.32 Å². The summed E-state index contributed by atoms with van der Waals surface area (Å²) >= 11 is 1.37. The van der Waals surface area contributed by atoms with E-state index < -0.39 is 15.9 Å². The molecule has 4 aromatic rings. The van der Waals surface area contributed by atoms with Crippen LogP contribution in [0.5, 0.6) is 0 Å². The van der Waals surface area contributed by atoms with Gasteiger partial charge in [-0.05, 0) is 48.7 Å². The summed E-state index contributed by atoms with van der Waals surface area (Å²) in [7, 11) is -3.90. The average molecular weight is 469 g/mol. The number of carbonyl (C=O) groups is 1. The number of hydrogen-bond acceptors (Lipinski definition) is 6. The number of fused-ring (bicyclic) bond motifs is 1. The zero-order valence-corrected chi connectivity index (χ0v) is 19.0.